The molecule has 18 heavy (non-hydrogen) atoms. The topological polar surface area (TPSA) is 41.6 Å². The quantitative estimate of drug-likeness (QED) is 0.806. The van der Waals surface area contributed by atoms with Gasteiger partial charge in [0.25, 0.3) is 0 Å². The monoisotopic (exact) mass is 246 g/mol. The van der Waals surface area contributed by atoms with Crippen LogP contribution in [0.4, 0.5) is 5.69 Å². The second-order valence-electron chi connectivity index (χ2n) is 5.23. The predicted octanol–water partition coefficient (Wildman–Crippen LogP) is 1.65. The van der Waals surface area contributed by atoms with Crippen LogP contribution in [-0.2, 0) is 16.0 Å². The molecular weight excluding hydrogens is 228 g/mol. The number of hydrogen-bond donors (Lipinski definition) is 1. The highest BCUT2D eigenvalue weighted by atomic mass is 16.5. The van der Waals surface area contributed by atoms with Crippen molar-refractivity contribution in [3.8, 4) is 0 Å². The van der Waals surface area contributed by atoms with Crippen molar-refractivity contribution in [2.75, 3.05) is 11.6 Å². The zero-order valence-corrected chi connectivity index (χ0v) is 10.8. The maximum atomic E-state index is 12.0. The van der Waals surface area contributed by atoms with E-state index in [1.807, 2.05) is 19.9 Å². The number of esters is 1. The van der Waals surface area contributed by atoms with Crippen molar-refractivity contribution in [3.05, 3.63) is 29.8 Å². The molecule has 0 spiro atoms. The molecule has 0 radical (unpaired) electrons. The molecular formula is C14H18N2O2. The number of para-hydroxylation sites is 1. The number of nitrogens with one attached hydrogen (secondary N) is 1. The van der Waals surface area contributed by atoms with Gasteiger partial charge in [0.05, 0.1) is 18.3 Å². The Labute approximate surface area is 107 Å². The Morgan fingerprint density at radius 1 is 1.56 bits per heavy atom. The second-order valence-corrected chi connectivity index (χ2v) is 5.23. The van der Waals surface area contributed by atoms with Gasteiger partial charge >= 0.3 is 5.97 Å². The van der Waals surface area contributed by atoms with E-state index in [1.54, 1.807) is 0 Å². The van der Waals surface area contributed by atoms with Gasteiger partial charge in [-0.3, -0.25) is 0 Å². The summed E-state index contributed by atoms with van der Waals surface area (Å²) < 4.78 is 5.15. The third-order valence-electron chi connectivity index (χ3n) is 3.81. The van der Waals surface area contributed by atoms with Crippen LogP contribution in [0, 0.1) is 0 Å². The molecule has 2 aliphatic heterocycles. The molecule has 4 heteroatoms. The number of hydrogen-bond acceptors (Lipinski definition) is 4. The number of ether oxygens (including phenoxy) is 1. The summed E-state index contributed by atoms with van der Waals surface area (Å²) in [6, 6.07) is 8.70. The lowest BCUT2D eigenvalue weighted by molar-refractivity contribution is -0.149. The Hall–Kier alpha value is -1.55. The Kier molecular flexibility index (Phi) is 2.55. The number of fused-ring (bicyclic) bond motifs is 3. The summed E-state index contributed by atoms with van der Waals surface area (Å²) in [7, 11) is 0. The lowest BCUT2D eigenvalue weighted by Crippen LogP contribution is -2.50. The molecule has 1 aromatic carbocycles. The van der Waals surface area contributed by atoms with E-state index in [0.717, 1.165) is 12.8 Å². The van der Waals surface area contributed by atoms with Crippen molar-refractivity contribution in [1.82, 2.24) is 5.43 Å². The highest BCUT2D eigenvalue weighted by Gasteiger charge is 2.49. The van der Waals surface area contributed by atoms with Crippen molar-refractivity contribution in [3.63, 3.8) is 0 Å². The van der Waals surface area contributed by atoms with Crippen LogP contribution in [0.2, 0.25) is 0 Å². The Balaban J connectivity index is 1.84. The second kappa shape index (κ2) is 3.99. The van der Waals surface area contributed by atoms with Crippen molar-refractivity contribution in [2.45, 2.75) is 38.3 Å². The van der Waals surface area contributed by atoms with Crippen molar-refractivity contribution >= 4 is 11.7 Å². The van der Waals surface area contributed by atoms with E-state index < -0.39 is 5.54 Å². The molecule has 1 fully saturated rings. The third kappa shape index (κ3) is 1.60. The van der Waals surface area contributed by atoms with Crippen LogP contribution < -0.4 is 10.4 Å². The first-order valence-electron chi connectivity index (χ1n) is 6.46. The number of carbonyl (C=O) groups excluding carboxylic acids is 1. The number of benzene rings is 1. The van der Waals surface area contributed by atoms with E-state index in [2.05, 4.69) is 28.6 Å². The van der Waals surface area contributed by atoms with Crippen LogP contribution in [0.15, 0.2) is 24.3 Å². The fourth-order valence-corrected chi connectivity index (χ4v) is 2.98. The number of carbonyl (C=O) groups is 1. The van der Waals surface area contributed by atoms with Gasteiger partial charge in [0.1, 0.15) is 5.54 Å². The maximum absolute atomic E-state index is 12.0. The molecule has 0 aromatic heterocycles. The summed E-state index contributed by atoms with van der Waals surface area (Å²) in [5.41, 5.74) is 5.28. The van der Waals surface area contributed by atoms with Crippen molar-refractivity contribution in [1.29, 1.82) is 0 Å². The zero-order chi connectivity index (χ0) is 12.8. The molecule has 0 saturated carbocycles. The van der Waals surface area contributed by atoms with Crippen LogP contribution in [-0.4, -0.2) is 24.2 Å². The third-order valence-corrected chi connectivity index (χ3v) is 3.81. The smallest absolute Gasteiger partial charge is 0.327 e. The largest absolute Gasteiger partial charge is 0.465 e. The minimum absolute atomic E-state index is 0.156. The van der Waals surface area contributed by atoms with Gasteiger partial charge < -0.3 is 9.75 Å². The summed E-state index contributed by atoms with van der Waals surface area (Å²) in [6.07, 6.45) is 1.79. The van der Waals surface area contributed by atoms with Crippen LogP contribution in [0.5, 0.6) is 0 Å². The SMILES string of the molecule is CCOC(=O)[C@]1(C)C[C@@H]2Cc3ccccc3N2N1. The van der Waals surface area contributed by atoms with Crippen molar-refractivity contribution in [2.24, 2.45) is 0 Å². The van der Waals surface area contributed by atoms with Gasteiger partial charge in [0.15, 0.2) is 0 Å². The van der Waals surface area contributed by atoms with Crippen LogP contribution in [0.1, 0.15) is 25.8 Å². The molecule has 96 valence electrons. The fourth-order valence-electron chi connectivity index (χ4n) is 2.98. The van der Waals surface area contributed by atoms with Gasteiger partial charge in [-0.05, 0) is 38.3 Å². The number of hydrazine groups is 1. The van der Waals surface area contributed by atoms with Gasteiger partial charge in [-0.2, -0.15) is 0 Å². The van der Waals surface area contributed by atoms with Gasteiger partial charge in [-0.15, -0.1) is 0 Å². The lowest BCUT2D eigenvalue weighted by Gasteiger charge is -2.25. The summed E-state index contributed by atoms with van der Waals surface area (Å²) >= 11 is 0. The average molecular weight is 246 g/mol. The summed E-state index contributed by atoms with van der Waals surface area (Å²) in [6.45, 7) is 4.19. The highest BCUT2D eigenvalue weighted by Crippen LogP contribution is 2.39. The Morgan fingerprint density at radius 2 is 2.33 bits per heavy atom. The highest BCUT2D eigenvalue weighted by molar-refractivity contribution is 5.82. The molecule has 0 bridgehead atoms. The average Bonchev–Trinajstić information content (AvgIpc) is 2.84. The van der Waals surface area contributed by atoms with Crippen LogP contribution >= 0.6 is 0 Å². The molecule has 0 unspecified atom stereocenters. The van der Waals surface area contributed by atoms with E-state index >= 15 is 0 Å². The molecule has 2 aliphatic rings. The molecule has 3 rings (SSSR count). The van der Waals surface area contributed by atoms with E-state index in [-0.39, 0.29) is 5.97 Å². The van der Waals surface area contributed by atoms with E-state index in [9.17, 15) is 4.79 Å². The maximum Gasteiger partial charge on any atom is 0.327 e. The molecule has 1 N–H and O–H groups in total. The Morgan fingerprint density at radius 3 is 3.11 bits per heavy atom. The predicted molar refractivity (Wildman–Crippen MR) is 69.2 cm³/mol. The summed E-state index contributed by atoms with van der Waals surface area (Å²) in [5.74, 6) is -0.156. The molecule has 4 nitrogen and oxygen atoms in total. The first-order chi connectivity index (χ1) is 8.64. The number of anilines is 1. The fraction of sp³-hybridized carbons (Fsp3) is 0.500. The van der Waals surface area contributed by atoms with E-state index in [0.29, 0.717) is 12.6 Å². The van der Waals surface area contributed by atoms with Crippen LogP contribution in [0.3, 0.4) is 0 Å². The Bertz CT molecular complexity index is 488. The van der Waals surface area contributed by atoms with E-state index in [1.165, 1.54) is 11.3 Å². The standard InChI is InChI=1S/C14H18N2O2/c1-3-18-13(17)14(2)9-11-8-10-6-4-5-7-12(10)16(11)15-14/h4-7,11,15H,3,8-9H2,1-2H3/t11-,14-/m0/s1. The van der Waals surface area contributed by atoms with Gasteiger partial charge in [-0.25, -0.2) is 10.2 Å². The molecule has 2 atom stereocenters. The van der Waals surface area contributed by atoms with Gasteiger partial charge in [0, 0.05) is 0 Å². The van der Waals surface area contributed by atoms with Crippen molar-refractivity contribution < 1.29 is 9.53 Å². The molecule has 0 aliphatic carbocycles. The first kappa shape index (κ1) is 11.5. The zero-order valence-electron chi connectivity index (χ0n) is 10.8. The molecule has 1 saturated heterocycles. The minimum Gasteiger partial charge on any atom is -0.465 e. The lowest BCUT2D eigenvalue weighted by atomic mass is 9.94. The molecule has 0 amide bonds. The normalized spacial score (nSPS) is 29.0. The van der Waals surface area contributed by atoms with Crippen LogP contribution in [0.25, 0.3) is 0 Å². The number of nitrogens with zero attached hydrogens (tertiary/aromatic N) is 1. The van der Waals surface area contributed by atoms with E-state index in [4.69, 9.17) is 4.74 Å². The summed E-state index contributed by atoms with van der Waals surface area (Å²) in [5, 5.41) is 2.13. The first-order valence-corrected chi connectivity index (χ1v) is 6.46. The summed E-state index contributed by atoms with van der Waals surface area (Å²) in [4.78, 5) is 12.0. The van der Waals surface area contributed by atoms with Gasteiger partial charge in [0.2, 0.25) is 0 Å². The number of rotatable bonds is 2. The minimum atomic E-state index is -0.589. The van der Waals surface area contributed by atoms with Gasteiger partial charge in [-0.1, -0.05) is 18.2 Å². The molecule has 2 heterocycles. The molecule has 1 aromatic rings.